The first-order chi connectivity index (χ1) is 14.8. The minimum absolute atomic E-state index is 0.571. The number of hydrogen-bond donors (Lipinski definition) is 3. The van der Waals surface area contributed by atoms with Crippen molar-refractivity contribution in [3.63, 3.8) is 0 Å². The number of rotatable bonds is 4. The molecular formula is C22H32N8. The highest BCUT2D eigenvalue weighted by Crippen LogP contribution is 2.32. The molecule has 3 aromatic rings. The van der Waals surface area contributed by atoms with Crippen molar-refractivity contribution in [1.29, 1.82) is 0 Å². The van der Waals surface area contributed by atoms with Gasteiger partial charge in [0.15, 0.2) is 0 Å². The maximum absolute atomic E-state index is 4.77. The molecule has 1 saturated heterocycles. The van der Waals surface area contributed by atoms with Crippen molar-refractivity contribution in [2.24, 2.45) is 0 Å². The van der Waals surface area contributed by atoms with Crippen LogP contribution in [0.5, 0.6) is 0 Å². The third-order valence-corrected chi connectivity index (χ3v) is 5.64. The molecule has 3 aromatic heterocycles. The summed E-state index contributed by atoms with van der Waals surface area (Å²) in [6.07, 6.45) is 11.1. The minimum Gasteiger partial charge on any atom is -0.368 e. The van der Waals surface area contributed by atoms with Gasteiger partial charge in [0.2, 0.25) is 5.95 Å². The summed E-state index contributed by atoms with van der Waals surface area (Å²) in [4.78, 5) is 16.1. The molecule has 8 heteroatoms. The maximum atomic E-state index is 4.77. The third-order valence-electron chi connectivity index (χ3n) is 5.64. The molecule has 0 unspecified atom stereocenters. The Morgan fingerprint density at radius 3 is 2.47 bits per heavy atom. The summed E-state index contributed by atoms with van der Waals surface area (Å²) < 4.78 is 2.32. The van der Waals surface area contributed by atoms with Crippen LogP contribution in [0.2, 0.25) is 0 Å². The van der Waals surface area contributed by atoms with Crippen LogP contribution in [0.25, 0.3) is 11.0 Å². The maximum Gasteiger partial charge on any atom is 0.230 e. The second kappa shape index (κ2) is 9.86. The molecule has 0 atom stereocenters. The summed E-state index contributed by atoms with van der Waals surface area (Å²) in [5, 5.41) is 10.5. The standard InChI is InChI=1S/C20H25N7.C2H7N/c1-2-4-16(3-1)27-10-7-15-13-23-20(25-19(15)27)24-18-6-5-17(14-22-18)26-11-8-21-9-12-26;1-3-2/h5-7,10,13-14,16,21H,1-4,8-9,11-12H2,(H,22,23,24,25);3H,1-2H3. The number of nitrogens with one attached hydrogen (secondary N) is 3. The van der Waals surface area contributed by atoms with E-state index in [4.69, 9.17) is 4.98 Å². The van der Waals surface area contributed by atoms with Crippen molar-refractivity contribution in [3.05, 3.63) is 36.8 Å². The van der Waals surface area contributed by atoms with Gasteiger partial charge in [-0.15, -0.1) is 0 Å². The molecule has 30 heavy (non-hydrogen) atoms. The first kappa shape index (κ1) is 20.6. The van der Waals surface area contributed by atoms with E-state index >= 15 is 0 Å². The highest BCUT2D eigenvalue weighted by molar-refractivity contribution is 5.77. The van der Waals surface area contributed by atoms with Gasteiger partial charge in [-0.25, -0.2) is 9.97 Å². The van der Waals surface area contributed by atoms with Crippen LogP contribution in [0.15, 0.2) is 36.8 Å². The number of pyridine rings is 1. The highest BCUT2D eigenvalue weighted by Gasteiger charge is 2.19. The fourth-order valence-electron chi connectivity index (χ4n) is 4.16. The van der Waals surface area contributed by atoms with Crippen molar-refractivity contribution < 1.29 is 0 Å². The summed E-state index contributed by atoms with van der Waals surface area (Å²) in [6, 6.07) is 6.79. The lowest BCUT2D eigenvalue weighted by molar-refractivity contribution is 0.532. The van der Waals surface area contributed by atoms with Gasteiger partial charge in [-0.05, 0) is 45.1 Å². The summed E-state index contributed by atoms with van der Waals surface area (Å²) in [7, 11) is 3.75. The monoisotopic (exact) mass is 408 g/mol. The zero-order valence-electron chi connectivity index (χ0n) is 17.9. The van der Waals surface area contributed by atoms with E-state index < -0.39 is 0 Å². The Bertz CT molecular complexity index is 924. The third kappa shape index (κ3) is 4.71. The first-order valence-electron chi connectivity index (χ1n) is 10.9. The molecular weight excluding hydrogens is 376 g/mol. The number of anilines is 3. The Hall–Kier alpha value is -2.71. The normalized spacial score (nSPS) is 17.1. The largest absolute Gasteiger partial charge is 0.368 e. The Labute approximate surface area is 178 Å². The SMILES string of the molecule is CNC.c1cc(Nc2ncc3ccn(C4CCCC4)c3n2)ncc1N1CCNCC1. The van der Waals surface area contributed by atoms with Crippen molar-refractivity contribution in [3.8, 4) is 0 Å². The average molecular weight is 409 g/mol. The molecule has 160 valence electrons. The number of fused-ring (bicyclic) bond motifs is 1. The van der Waals surface area contributed by atoms with E-state index in [-0.39, 0.29) is 0 Å². The van der Waals surface area contributed by atoms with Crippen LogP contribution >= 0.6 is 0 Å². The molecule has 0 amide bonds. The van der Waals surface area contributed by atoms with E-state index in [0.717, 1.165) is 48.7 Å². The predicted octanol–water partition coefficient (Wildman–Crippen LogP) is 2.93. The van der Waals surface area contributed by atoms with E-state index in [1.165, 1.54) is 25.7 Å². The summed E-state index contributed by atoms with van der Waals surface area (Å²) in [6.45, 7) is 4.09. The zero-order valence-corrected chi connectivity index (χ0v) is 17.9. The van der Waals surface area contributed by atoms with Crippen molar-refractivity contribution in [1.82, 2.24) is 30.2 Å². The van der Waals surface area contributed by atoms with Crippen LogP contribution in [0, 0.1) is 0 Å². The minimum atomic E-state index is 0.571. The van der Waals surface area contributed by atoms with Gasteiger partial charge >= 0.3 is 0 Å². The molecule has 2 aliphatic rings. The lowest BCUT2D eigenvalue weighted by Gasteiger charge is -2.29. The Morgan fingerprint density at radius 2 is 1.77 bits per heavy atom. The number of hydrogen-bond acceptors (Lipinski definition) is 7. The second-order valence-corrected chi connectivity index (χ2v) is 7.90. The molecule has 1 aliphatic heterocycles. The van der Waals surface area contributed by atoms with E-state index in [2.05, 4.69) is 53.7 Å². The molecule has 0 radical (unpaired) electrons. The van der Waals surface area contributed by atoms with Gasteiger partial charge in [-0.3, -0.25) is 0 Å². The Kier molecular flexibility index (Phi) is 6.76. The average Bonchev–Trinajstić information content (AvgIpc) is 3.45. The quantitative estimate of drug-likeness (QED) is 0.612. The number of nitrogens with zero attached hydrogens (tertiary/aromatic N) is 5. The molecule has 4 heterocycles. The fourth-order valence-corrected chi connectivity index (χ4v) is 4.16. The first-order valence-corrected chi connectivity index (χ1v) is 10.9. The second-order valence-electron chi connectivity index (χ2n) is 7.90. The van der Waals surface area contributed by atoms with Crippen LogP contribution in [0.1, 0.15) is 31.7 Å². The molecule has 1 aliphatic carbocycles. The lowest BCUT2D eigenvalue weighted by atomic mass is 10.2. The fraction of sp³-hybridized carbons (Fsp3) is 0.500. The molecule has 2 fully saturated rings. The summed E-state index contributed by atoms with van der Waals surface area (Å²) in [5.41, 5.74) is 2.17. The number of aromatic nitrogens is 4. The van der Waals surface area contributed by atoms with E-state index in [9.17, 15) is 0 Å². The lowest BCUT2D eigenvalue weighted by Crippen LogP contribution is -2.43. The van der Waals surface area contributed by atoms with Gasteiger partial charge in [0.1, 0.15) is 11.5 Å². The summed E-state index contributed by atoms with van der Waals surface area (Å²) >= 11 is 0. The van der Waals surface area contributed by atoms with Crippen LogP contribution in [0.4, 0.5) is 17.5 Å². The molecule has 8 nitrogen and oxygen atoms in total. The molecule has 5 rings (SSSR count). The van der Waals surface area contributed by atoms with Crippen molar-refractivity contribution in [2.45, 2.75) is 31.7 Å². The van der Waals surface area contributed by atoms with Gasteiger partial charge in [0.25, 0.3) is 0 Å². The molecule has 0 aromatic carbocycles. The van der Waals surface area contributed by atoms with Crippen LogP contribution in [-0.4, -0.2) is 59.8 Å². The molecule has 1 saturated carbocycles. The van der Waals surface area contributed by atoms with Crippen LogP contribution in [0.3, 0.4) is 0 Å². The number of piperazine rings is 1. The van der Waals surface area contributed by atoms with Gasteiger partial charge in [-0.2, -0.15) is 4.98 Å². The van der Waals surface area contributed by atoms with Crippen molar-refractivity contribution >= 4 is 28.5 Å². The molecule has 0 spiro atoms. The van der Waals surface area contributed by atoms with E-state index in [0.29, 0.717) is 12.0 Å². The van der Waals surface area contributed by atoms with Gasteiger partial charge in [0, 0.05) is 50.0 Å². The van der Waals surface area contributed by atoms with E-state index in [1.54, 1.807) is 0 Å². The van der Waals surface area contributed by atoms with E-state index in [1.807, 2.05) is 32.6 Å². The van der Waals surface area contributed by atoms with Gasteiger partial charge in [0.05, 0.1) is 11.9 Å². The van der Waals surface area contributed by atoms with Crippen molar-refractivity contribution in [2.75, 3.05) is 50.5 Å². The van der Waals surface area contributed by atoms with Gasteiger partial charge < -0.3 is 25.4 Å². The Balaban J connectivity index is 0.000000687. The smallest absolute Gasteiger partial charge is 0.230 e. The zero-order chi connectivity index (χ0) is 20.8. The van der Waals surface area contributed by atoms with Gasteiger partial charge in [-0.1, -0.05) is 12.8 Å². The molecule has 3 N–H and O–H groups in total. The molecule has 0 bridgehead atoms. The van der Waals surface area contributed by atoms with Crippen LogP contribution in [-0.2, 0) is 0 Å². The predicted molar refractivity (Wildman–Crippen MR) is 123 cm³/mol. The van der Waals surface area contributed by atoms with Crippen LogP contribution < -0.4 is 20.9 Å². The summed E-state index contributed by atoms with van der Waals surface area (Å²) in [5.74, 6) is 1.37. The topological polar surface area (TPSA) is 82.9 Å². The Morgan fingerprint density at radius 1 is 1.00 bits per heavy atom. The highest BCUT2D eigenvalue weighted by atomic mass is 15.2.